The van der Waals surface area contributed by atoms with Gasteiger partial charge in [-0.1, -0.05) is 0 Å². The van der Waals surface area contributed by atoms with Crippen molar-refractivity contribution in [2.24, 2.45) is 17.8 Å². The molecule has 2 saturated carbocycles. The lowest BCUT2D eigenvalue weighted by molar-refractivity contribution is 0.103. The van der Waals surface area contributed by atoms with Gasteiger partial charge in [-0.05, 0) is 50.9 Å². The van der Waals surface area contributed by atoms with E-state index >= 15 is 0 Å². The highest BCUT2D eigenvalue weighted by Crippen LogP contribution is 2.55. The molecule has 3 nitrogen and oxygen atoms in total. The number of nitrogens with zero attached hydrogens (tertiary/aromatic N) is 1. The van der Waals surface area contributed by atoms with Gasteiger partial charge in [0, 0.05) is 29.4 Å². The first-order chi connectivity index (χ1) is 9.10. The van der Waals surface area contributed by atoms with Crippen LogP contribution < -0.4 is 4.74 Å². The molecule has 1 heterocycles. The van der Waals surface area contributed by atoms with Crippen LogP contribution >= 0.6 is 0 Å². The summed E-state index contributed by atoms with van der Waals surface area (Å²) in [5.41, 5.74) is 3.11. The maximum Gasteiger partial charge on any atom is 0.128 e. The van der Waals surface area contributed by atoms with Crippen LogP contribution in [0.1, 0.15) is 36.1 Å². The lowest BCUT2D eigenvalue weighted by Gasteiger charge is -2.20. The molecular formula is C16H23NO2. The summed E-state index contributed by atoms with van der Waals surface area (Å²) in [6, 6.07) is 0. The standard InChI is InChI=1S/C16H23NO2/c1-9-8-17-14(10(2)16(9)19-3)7-15(18)13-5-11-4-12(11)6-13/h8,11-13,15,18H,4-7H2,1-3H3. The van der Waals surface area contributed by atoms with Crippen molar-refractivity contribution in [2.45, 2.75) is 45.6 Å². The van der Waals surface area contributed by atoms with E-state index in [0.717, 1.165) is 34.4 Å². The van der Waals surface area contributed by atoms with Crippen LogP contribution in [-0.4, -0.2) is 23.3 Å². The van der Waals surface area contributed by atoms with Crippen LogP contribution in [0.2, 0.25) is 0 Å². The molecule has 2 aliphatic rings. The van der Waals surface area contributed by atoms with Crippen LogP contribution in [0.25, 0.3) is 0 Å². The fourth-order valence-electron chi connectivity index (χ4n) is 3.72. The summed E-state index contributed by atoms with van der Waals surface area (Å²) in [4.78, 5) is 4.49. The van der Waals surface area contributed by atoms with Gasteiger partial charge in [0.15, 0.2) is 0 Å². The zero-order chi connectivity index (χ0) is 13.6. The van der Waals surface area contributed by atoms with Crippen molar-refractivity contribution in [3.05, 3.63) is 23.0 Å². The summed E-state index contributed by atoms with van der Waals surface area (Å²) >= 11 is 0. The molecule has 1 N–H and O–H groups in total. The minimum absolute atomic E-state index is 0.244. The Labute approximate surface area is 115 Å². The van der Waals surface area contributed by atoms with Gasteiger partial charge in [-0.25, -0.2) is 0 Å². The molecule has 0 aliphatic heterocycles. The van der Waals surface area contributed by atoms with Crippen molar-refractivity contribution >= 4 is 0 Å². The number of hydrogen-bond donors (Lipinski definition) is 1. The summed E-state index contributed by atoms with van der Waals surface area (Å²) in [6.45, 7) is 4.04. The van der Waals surface area contributed by atoms with Gasteiger partial charge in [0.25, 0.3) is 0 Å². The third-order valence-corrected chi connectivity index (χ3v) is 4.98. The summed E-state index contributed by atoms with van der Waals surface area (Å²) < 4.78 is 5.43. The number of aliphatic hydroxyl groups excluding tert-OH is 1. The van der Waals surface area contributed by atoms with Crippen molar-refractivity contribution in [3.8, 4) is 5.75 Å². The Hall–Kier alpha value is -1.09. The normalized spacial score (nSPS) is 30.0. The van der Waals surface area contributed by atoms with Crippen molar-refractivity contribution in [2.75, 3.05) is 7.11 Å². The van der Waals surface area contributed by atoms with Crippen molar-refractivity contribution in [3.63, 3.8) is 0 Å². The van der Waals surface area contributed by atoms with E-state index in [0.29, 0.717) is 12.3 Å². The molecule has 3 unspecified atom stereocenters. The monoisotopic (exact) mass is 261 g/mol. The Kier molecular flexibility index (Phi) is 3.25. The molecule has 0 bridgehead atoms. The molecule has 104 valence electrons. The molecule has 1 aromatic heterocycles. The number of rotatable bonds is 4. The Balaban J connectivity index is 1.72. The molecule has 19 heavy (non-hydrogen) atoms. The van der Waals surface area contributed by atoms with Crippen LogP contribution in [0.15, 0.2) is 6.20 Å². The van der Waals surface area contributed by atoms with E-state index in [1.54, 1.807) is 7.11 Å². The number of aromatic nitrogens is 1. The molecule has 0 amide bonds. The molecule has 0 aromatic carbocycles. The van der Waals surface area contributed by atoms with Crippen LogP contribution in [0.4, 0.5) is 0 Å². The van der Waals surface area contributed by atoms with Gasteiger partial charge in [-0.3, -0.25) is 4.98 Å². The second kappa shape index (κ2) is 4.78. The second-order valence-corrected chi connectivity index (χ2v) is 6.30. The first-order valence-electron chi connectivity index (χ1n) is 7.27. The van der Waals surface area contributed by atoms with Crippen molar-refractivity contribution in [1.29, 1.82) is 0 Å². The maximum absolute atomic E-state index is 10.4. The third kappa shape index (κ3) is 2.36. The second-order valence-electron chi connectivity index (χ2n) is 6.30. The van der Waals surface area contributed by atoms with Gasteiger partial charge in [-0.2, -0.15) is 0 Å². The number of aryl methyl sites for hydroxylation is 1. The van der Waals surface area contributed by atoms with Crippen LogP contribution in [0, 0.1) is 31.6 Å². The minimum Gasteiger partial charge on any atom is -0.496 e. The van der Waals surface area contributed by atoms with Gasteiger partial charge < -0.3 is 9.84 Å². The Morgan fingerprint density at radius 3 is 2.63 bits per heavy atom. The lowest BCUT2D eigenvalue weighted by atomic mass is 9.92. The zero-order valence-electron chi connectivity index (χ0n) is 12.0. The highest BCUT2D eigenvalue weighted by molar-refractivity contribution is 5.41. The Morgan fingerprint density at radius 2 is 2.00 bits per heavy atom. The molecule has 0 spiro atoms. The Bertz CT molecular complexity index is 476. The van der Waals surface area contributed by atoms with Crippen LogP contribution in [0.3, 0.4) is 0 Å². The largest absolute Gasteiger partial charge is 0.496 e. The SMILES string of the molecule is COc1c(C)cnc(CC(O)C2CC3CC3C2)c1C. The predicted octanol–water partition coefficient (Wildman–Crippen LogP) is 2.66. The number of aliphatic hydroxyl groups is 1. The minimum atomic E-state index is -0.244. The number of ether oxygens (including phenoxy) is 1. The lowest BCUT2D eigenvalue weighted by Crippen LogP contribution is -2.23. The van der Waals surface area contributed by atoms with Gasteiger partial charge >= 0.3 is 0 Å². The summed E-state index contributed by atoms with van der Waals surface area (Å²) in [6.07, 6.45) is 6.10. The smallest absolute Gasteiger partial charge is 0.128 e. The molecular weight excluding hydrogens is 238 g/mol. The first kappa shape index (κ1) is 12.9. The average molecular weight is 261 g/mol. The predicted molar refractivity (Wildman–Crippen MR) is 74.3 cm³/mol. The zero-order valence-corrected chi connectivity index (χ0v) is 12.0. The van der Waals surface area contributed by atoms with Crippen LogP contribution in [-0.2, 0) is 6.42 Å². The van der Waals surface area contributed by atoms with Gasteiger partial charge in [0.05, 0.1) is 13.2 Å². The van der Waals surface area contributed by atoms with E-state index in [-0.39, 0.29) is 6.10 Å². The highest BCUT2D eigenvalue weighted by atomic mass is 16.5. The van der Waals surface area contributed by atoms with Crippen molar-refractivity contribution < 1.29 is 9.84 Å². The third-order valence-electron chi connectivity index (χ3n) is 4.98. The molecule has 2 fully saturated rings. The molecule has 0 saturated heterocycles. The highest BCUT2D eigenvalue weighted by Gasteiger charge is 2.47. The molecule has 0 radical (unpaired) electrons. The van der Waals surface area contributed by atoms with E-state index in [1.807, 2.05) is 20.0 Å². The number of hydrogen-bond acceptors (Lipinski definition) is 3. The van der Waals surface area contributed by atoms with Crippen LogP contribution in [0.5, 0.6) is 5.75 Å². The number of fused-ring (bicyclic) bond motifs is 1. The Morgan fingerprint density at radius 1 is 1.32 bits per heavy atom. The molecule has 2 aliphatic carbocycles. The quantitative estimate of drug-likeness (QED) is 0.906. The van der Waals surface area contributed by atoms with E-state index in [4.69, 9.17) is 4.74 Å². The van der Waals surface area contributed by atoms with E-state index < -0.39 is 0 Å². The topological polar surface area (TPSA) is 42.4 Å². The molecule has 3 rings (SSSR count). The van der Waals surface area contributed by atoms with Gasteiger partial charge in [-0.15, -0.1) is 0 Å². The first-order valence-corrected chi connectivity index (χ1v) is 7.27. The van der Waals surface area contributed by atoms with Gasteiger partial charge in [0.2, 0.25) is 0 Å². The van der Waals surface area contributed by atoms with E-state index in [1.165, 1.54) is 19.3 Å². The fourth-order valence-corrected chi connectivity index (χ4v) is 3.72. The van der Waals surface area contributed by atoms with E-state index in [2.05, 4.69) is 4.98 Å². The fraction of sp³-hybridized carbons (Fsp3) is 0.688. The molecule has 1 aromatic rings. The van der Waals surface area contributed by atoms with Gasteiger partial charge in [0.1, 0.15) is 5.75 Å². The summed E-state index contributed by atoms with van der Waals surface area (Å²) in [5.74, 6) is 3.23. The average Bonchev–Trinajstić information content (AvgIpc) is 3.00. The van der Waals surface area contributed by atoms with E-state index in [9.17, 15) is 5.11 Å². The summed E-state index contributed by atoms with van der Waals surface area (Å²) in [5, 5.41) is 10.4. The maximum atomic E-state index is 10.4. The van der Waals surface area contributed by atoms with Crippen molar-refractivity contribution in [1.82, 2.24) is 4.98 Å². The molecule has 3 heteroatoms. The number of pyridine rings is 1. The molecule has 3 atom stereocenters. The summed E-state index contributed by atoms with van der Waals surface area (Å²) in [7, 11) is 1.69. The number of methoxy groups -OCH3 is 1.